The summed E-state index contributed by atoms with van der Waals surface area (Å²) in [5.74, 6) is -1.43. The molecule has 1 saturated heterocycles. The minimum absolute atomic E-state index is 0.234. The van der Waals surface area contributed by atoms with Crippen molar-refractivity contribution in [1.29, 1.82) is 0 Å². The molecule has 0 aromatic heterocycles. The topological polar surface area (TPSA) is 87.2 Å². The van der Waals surface area contributed by atoms with Gasteiger partial charge in [-0.05, 0) is 31.2 Å². The number of amides is 1. The summed E-state index contributed by atoms with van der Waals surface area (Å²) in [4.78, 5) is 38.9. The van der Waals surface area contributed by atoms with Gasteiger partial charge in [0.05, 0.1) is 15.6 Å². The number of aliphatic carboxylic acids is 1. The summed E-state index contributed by atoms with van der Waals surface area (Å²) in [6, 6.07) is 5.43. The van der Waals surface area contributed by atoms with E-state index in [9.17, 15) is 14.4 Å². The van der Waals surface area contributed by atoms with Gasteiger partial charge in [0.2, 0.25) is 0 Å². The molecule has 0 bridgehead atoms. The molecular weight excluding hydrogens is 420 g/mol. The van der Waals surface area contributed by atoms with E-state index in [0.29, 0.717) is 17.2 Å². The first kappa shape index (κ1) is 20.4. The van der Waals surface area contributed by atoms with Crippen molar-refractivity contribution in [1.82, 2.24) is 4.90 Å². The second kappa shape index (κ2) is 8.38. The minimum atomic E-state index is -1.11. The smallest absolute Gasteiger partial charge is 0.323 e. The number of carboxylic acids is 1. The van der Waals surface area contributed by atoms with Gasteiger partial charge >= 0.3 is 11.9 Å². The molecule has 1 N–H and O–H groups in total. The number of esters is 1. The first-order chi connectivity index (χ1) is 13.3. The molecule has 2 heterocycles. The Kier molecular flexibility index (Phi) is 6.11. The lowest BCUT2D eigenvalue weighted by Crippen LogP contribution is -2.33. The van der Waals surface area contributed by atoms with Gasteiger partial charge in [0, 0.05) is 24.4 Å². The van der Waals surface area contributed by atoms with Crippen LogP contribution in [0, 0.1) is 0 Å². The summed E-state index contributed by atoms with van der Waals surface area (Å²) < 4.78 is 5.39. The van der Waals surface area contributed by atoms with Crippen molar-refractivity contribution in [2.45, 2.75) is 18.7 Å². The molecule has 2 aliphatic heterocycles. The fraction of sp³-hybridized carbons (Fsp3) is 0.222. The minimum Gasteiger partial charge on any atom is -0.480 e. The average molecular weight is 437 g/mol. The van der Waals surface area contributed by atoms with E-state index in [4.69, 9.17) is 22.1 Å². The molecule has 0 atom stereocenters. The Bertz CT molecular complexity index is 941. The number of fused-ring (bicyclic) bond motifs is 1. The van der Waals surface area contributed by atoms with Gasteiger partial charge in [0.25, 0.3) is 5.91 Å². The van der Waals surface area contributed by atoms with Crippen molar-refractivity contribution in [3.8, 4) is 5.75 Å². The number of allylic oxidation sites excluding steroid dienone is 2. The summed E-state index contributed by atoms with van der Waals surface area (Å²) in [6.07, 6.45) is 3.47. The highest BCUT2D eigenvalue weighted by molar-refractivity contribution is 8.26. The molecule has 146 valence electrons. The van der Waals surface area contributed by atoms with Crippen LogP contribution in [0.5, 0.6) is 5.75 Å². The Hall–Kier alpha value is -2.30. The summed E-state index contributed by atoms with van der Waals surface area (Å²) in [6.45, 7) is 3.59. The number of rotatable bonds is 5. The SMILES string of the molecule is CCN1/C(=C/C=C2/SC(=S)N(CC(=O)O)C2=O)Sc2ccc(OC(C)=O)cc21. The molecule has 0 saturated carbocycles. The molecule has 3 rings (SSSR count). The summed E-state index contributed by atoms with van der Waals surface area (Å²) in [5.41, 5.74) is 0.921. The fourth-order valence-electron chi connectivity index (χ4n) is 2.69. The van der Waals surface area contributed by atoms with E-state index in [2.05, 4.69) is 0 Å². The van der Waals surface area contributed by atoms with E-state index in [1.54, 1.807) is 18.2 Å². The van der Waals surface area contributed by atoms with E-state index in [-0.39, 0.29) is 10.3 Å². The number of nitrogens with zero attached hydrogens (tertiary/aromatic N) is 2. The van der Waals surface area contributed by atoms with Crippen LogP contribution in [0.4, 0.5) is 5.69 Å². The Morgan fingerprint density at radius 2 is 2.00 bits per heavy atom. The molecule has 1 aromatic carbocycles. The van der Waals surface area contributed by atoms with Crippen LogP contribution in [0.25, 0.3) is 0 Å². The van der Waals surface area contributed by atoms with Crippen LogP contribution in [0.3, 0.4) is 0 Å². The Labute approximate surface area is 175 Å². The Morgan fingerprint density at radius 1 is 1.25 bits per heavy atom. The molecule has 0 radical (unpaired) electrons. The number of benzene rings is 1. The number of hydrogen-bond acceptors (Lipinski definition) is 8. The zero-order valence-corrected chi connectivity index (χ0v) is 17.4. The number of ether oxygens (including phenoxy) is 1. The fourth-order valence-corrected chi connectivity index (χ4v) is 5.00. The Balaban J connectivity index is 1.84. The summed E-state index contributed by atoms with van der Waals surface area (Å²) >= 11 is 7.72. The highest BCUT2D eigenvalue weighted by Crippen LogP contribution is 2.47. The Morgan fingerprint density at radius 3 is 2.64 bits per heavy atom. The van der Waals surface area contributed by atoms with Gasteiger partial charge in [-0.25, -0.2) is 0 Å². The standard InChI is InChI=1S/C18H16N2O5S3/c1-3-19-12-8-11(25-10(2)21)4-5-13(12)27-15(19)7-6-14-17(24)20(9-16(22)23)18(26)28-14/h4-8H,3,9H2,1-2H3,(H,22,23)/b14-6+,15-7-. The lowest BCUT2D eigenvalue weighted by atomic mass is 10.2. The molecule has 0 unspecified atom stereocenters. The lowest BCUT2D eigenvalue weighted by Gasteiger charge is -2.18. The zero-order valence-electron chi connectivity index (χ0n) is 15.0. The maximum Gasteiger partial charge on any atom is 0.323 e. The molecule has 1 aromatic rings. The van der Waals surface area contributed by atoms with Crippen LogP contribution in [-0.4, -0.2) is 45.3 Å². The molecule has 2 aliphatic rings. The number of carbonyl (C=O) groups excluding carboxylic acids is 2. The number of hydrogen-bond donors (Lipinski definition) is 1. The molecule has 0 spiro atoms. The third-order valence-electron chi connectivity index (χ3n) is 3.82. The largest absolute Gasteiger partial charge is 0.480 e. The van der Waals surface area contributed by atoms with Gasteiger partial charge in [0.1, 0.15) is 16.6 Å². The summed E-state index contributed by atoms with van der Waals surface area (Å²) in [7, 11) is 0. The van der Waals surface area contributed by atoms with Crippen LogP contribution in [0.2, 0.25) is 0 Å². The maximum absolute atomic E-state index is 12.4. The predicted molar refractivity (Wildman–Crippen MR) is 112 cm³/mol. The molecule has 7 nitrogen and oxygen atoms in total. The van der Waals surface area contributed by atoms with Crippen molar-refractivity contribution in [3.05, 3.63) is 40.3 Å². The number of carboxylic acid groups (broad SMARTS) is 1. The van der Waals surface area contributed by atoms with Crippen LogP contribution in [0.1, 0.15) is 13.8 Å². The molecule has 1 amide bonds. The number of anilines is 1. The predicted octanol–water partition coefficient (Wildman–Crippen LogP) is 3.21. The van der Waals surface area contributed by atoms with Crippen molar-refractivity contribution >= 4 is 63.6 Å². The van der Waals surface area contributed by atoms with Crippen molar-refractivity contribution < 1.29 is 24.2 Å². The first-order valence-corrected chi connectivity index (χ1v) is 10.3. The van der Waals surface area contributed by atoms with Crippen LogP contribution in [0.15, 0.2) is 45.2 Å². The second-order valence-electron chi connectivity index (χ2n) is 5.76. The first-order valence-electron chi connectivity index (χ1n) is 8.25. The van der Waals surface area contributed by atoms with E-state index < -0.39 is 18.4 Å². The molecule has 1 fully saturated rings. The third kappa shape index (κ3) is 4.23. The van der Waals surface area contributed by atoms with E-state index in [0.717, 1.165) is 32.3 Å². The van der Waals surface area contributed by atoms with E-state index in [1.165, 1.54) is 18.7 Å². The molecular formula is C18H16N2O5S3. The van der Waals surface area contributed by atoms with Gasteiger partial charge in [-0.1, -0.05) is 35.7 Å². The number of thioether (sulfide) groups is 2. The normalized spacial score (nSPS) is 18.9. The average Bonchev–Trinajstić information content (AvgIpc) is 3.10. The summed E-state index contributed by atoms with van der Waals surface area (Å²) in [5, 5.41) is 9.81. The van der Waals surface area contributed by atoms with E-state index >= 15 is 0 Å². The third-order valence-corrected chi connectivity index (χ3v) is 6.35. The second-order valence-corrected chi connectivity index (χ2v) is 8.50. The number of thiocarbonyl (C=S) groups is 1. The number of carbonyl (C=O) groups is 3. The van der Waals surface area contributed by atoms with Gasteiger partial charge in [-0.3, -0.25) is 19.3 Å². The monoisotopic (exact) mass is 436 g/mol. The van der Waals surface area contributed by atoms with Gasteiger partial charge < -0.3 is 14.7 Å². The molecule has 10 heteroatoms. The van der Waals surface area contributed by atoms with Gasteiger partial charge in [0.15, 0.2) is 0 Å². The van der Waals surface area contributed by atoms with Crippen LogP contribution >= 0.6 is 35.7 Å². The highest BCUT2D eigenvalue weighted by Gasteiger charge is 2.33. The van der Waals surface area contributed by atoms with Gasteiger partial charge in [-0.2, -0.15) is 0 Å². The van der Waals surface area contributed by atoms with E-state index in [1.807, 2.05) is 24.0 Å². The maximum atomic E-state index is 12.4. The quantitative estimate of drug-likeness (QED) is 0.323. The van der Waals surface area contributed by atoms with Crippen LogP contribution in [-0.2, 0) is 14.4 Å². The zero-order chi connectivity index (χ0) is 20.4. The lowest BCUT2D eigenvalue weighted by molar-refractivity contribution is -0.140. The van der Waals surface area contributed by atoms with Crippen LogP contribution < -0.4 is 9.64 Å². The molecule has 28 heavy (non-hydrogen) atoms. The van der Waals surface area contributed by atoms with Crippen molar-refractivity contribution in [3.63, 3.8) is 0 Å². The van der Waals surface area contributed by atoms with Crippen molar-refractivity contribution in [2.75, 3.05) is 18.0 Å². The van der Waals surface area contributed by atoms with Gasteiger partial charge in [-0.15, -0.1) is 0 Å². The molecule has 0 aliphatic carbocycles. The highest BCUT2D eigenvalue weighted by atomic mass is 32.2. The van der Waals surface area contributed by atoms with Crippen molar-refractivity contribution in [2.24, 2.45) is 0 Å².